The van der Waals surface area contributed by atoms with Crippen molar-refractivity contribution in [1.82, 2.24) is 14.9 Å². The molecule has 144 valence electrons. The summed E-state index contributed by atoms with van der Waals surface area (Å²) in [6.45, 7) is 4.81. The first-order valence-corrected chi connectivity index (χ1v) is 11.0. The summed E-state index contributed by atoms with van der Waals surface area (Å²) in [6.07, 6.45) is 5.33. The van der Waals surface area contributed by atoms with Crippen LogP contribution in [-0.4, -0.2) is 55.5 Å². The first-order valence-electron chi connectivity index (χ1n) is 9.43. The molecule has 0 unspecified atom stereocenters. The van der Waals surface area contributed by atoms with Gasteiger partial charge < -0.3 is 10.6 Å². The number of carbonyl (C=O) groups is 2. The summed E-state index contributed by atoms with van der Waals surface area (Å²) < 4.78 is 25.3. The average Bonchev–Trinajstić information content (AvgIpc) is 2.62. The fraction of sp³-hybridized carbons (Fsp3) is 0.882. The third-order valence-corrected chi connectivity index (χ3v) is 7.31. The first kappa shape index (κ1) is 20.2. The summed E-state index contributed by atoms with van der Waals surface area (Å²) in [5.74, 6) is -0.336. The number of sulfonamides is 1. The van der Waals surface area contributed by atoms with Gasteiger partial charge in [-0.25, -0.2) is 12.7 Å². The van der Waals surface area contributed by atoms with E-state index in [1.54, 1.807) is 6.92 Å². The van der Waals surface area contributed by atoms with E-state index in [1.807, 2.05) is 6.92 Å². The molecule has 1 aliphatic heterocycles. The molecule has 0 radical (unpaired) electrons. The normalized spacial score (nSPS) is 22.3. The molecule has 2 amide bonds. The Balaban J connectivity index is 1.99. The van der Waals surface area contributed by atoms with Crippen LogP contribution in [0, 0.1) is 5.92 Å². The van der Waals surface area contributed by atoms with E-state index in [2.05, 4.69) is 10.6 Å². The molecule has 1 saturated heterocycles. The van der Waals surface area contributed by atoms with Crippen LogP contribution in [0.3, 0.4) is 0 Å². The van der Waals surface area contributed by atoms with E-state index in [1.165, 1.54) is 4.31 Å². The SMILES string of the molecule is CCNC(=O)C1(NC(=O)C2CCN(S(=O)(=O)CC)CC2)CCCCC1. The van der Waals surface area contributed by atoms with Crippen LogP contribution in [0.5, 0.6) is 0 Å². The Bertz CT molecular complexity index is 577. The van der Waals surface area contributed by atoms with Gasteiger partial charge in [-0.1, -0.05) is 19.3 Å². The fourth-order valence-corrected chi connectivity index (χ4v) is 4.94. The van der Waals surface area contributed by atoms with Gasteiger partial charge in [-0.2, -0.15) is 0 Å². The zero-order chi connectivity index (χ0) is 18.5. The molecule has 0 atom stereocenters. The van der Waals surface area contributed by atoms with E-state index in [4.69, 9.17) is 0 Å². The van der Waals surface area contributed by atoms with Crippen molar-refractivity contribution in [2.45, 2.75) is 64.3 Å². The Morgan fingerprint density at radius 1 is 1.08 bits per heavy atom. The predicted octanol–water partition coefficient (Wildman–Crippen LogP) is 1.00. The lowest BCUT2D eigenvalue weighted by atomic mass is 9.80. The topological polar surface area (TPSA) is 95.6 Å². The van der Waals surface area contributed by atoms with Crippen LogP contribution in [0.4, 0.5) is 0 Å². The van der Waals surface area contributed by atoms with Gasteiger partial charge in [0, 0.05) is 25.6 Å². The number of rotatable bonds is 6. The third kappa shape index (κ3) is 4.73. The number of hydrogen-bond donors (Lipinski definition) is 2. The fourth-order valence-electron chi connectivity index (χ4n) is 3.81. The second-order valence-electron chi connectivity index (χ2n) is 7.07. The molecule has 1 aliphatic carbocycles. The van der Waals surface area contributed by atoms with Crippen LogP contribution < -0.4 is 10.6 Å². The minimum atomic E-state index is -3.19. The first-order chi connectivity index (χ1) is 11.8. The molecular weight excluding hydrogens is 342 g/mol. The Hall–Kier alpha value is -1.15. The molecule has 0 aromatic rings. The van der Waals surface area contributed by atoms with Gasteiger partial charge in [0.1, 0.15) is 5.54 Å². The van der Waals surface area contributed by atoms with Crippen LogP contribution >= 0.6 is 0 Å². The van der Waals surface area contributed by atoms with E-state index in [-0.39, 0.29) is 23.5 Å². The Kier molecular flexibility index (Phi) is 6.85. The third-order valence-electron chi connectivity index (χ3n) is 5.42. The van der Waals surface area contributed by atoms with Crippen LogP contribution in [0.2, 0.25) is 0 Å². The van der Waals surface area contributed by atoms with E-state index in [0.29, 0.717) is 45.3 Å². The molecule has 2 rings (SSSR count). The molecule has 2 aliphatic rings. The predicted molar refractivity (Wildman–Crippen MR) is 96.4 cm³/mol. The highest BCUT2D eigenvalue weighted by molar-refractivity contribution is 7.89. The molecular formula is C17H31N3O4S. The molecule has 0 bridgehead atoms. The van der Waals surface area contributed by atoms with Crippen molar-refractivity contribution >= 4 is 21.8 Å². The monoisotopic (exact) mass is 373 g/mol. The highest BCUT2D eigenvalue weighted by Gasteiger charge is 2.42. The maximum Gasteiger partial charge on any atom is 0.245 e. The van der Waals surface area contributed by atoms with Crippen LogP contribution in [-0.2, 0) is 19.6 Å². The molecule has 1 saturated carbocycles. The lowest BCUT2D eigenvalue weighted by Crippen LogP contribution is -2.61. The van der Waals surface area contributed by atoms with E-state index in [9.17, 15) is 18.0 Å². The van der Waals surface area contributed by atoms with E-state index < -0.39 is 15.6 Å². The van der Waals surface area contributed by atoms with Gasteiger partial charge in [-0.15, -0.1) is 0 Å². The van der Waals surface area contributed by atoms with Crippen molar-refractivity contribution in [2.75, 3.05) is 25.4 Å². The van der Waals surface area contributed by atoms with Gasteiger partial charge in [0.25, 0.3) is 0 Å². The Morgan fingerprint density at radius 2 is 1.68 bits per heavy atom. The largest absolute Gasteiger partial charge is 0.354 e. The molecule has 25 heavy (non-hydrogen) atoms. The summed E-state index contributed by atoms with van der Waals surface area (Å²) in [5.41, 5.74) is -0.794. The van der Waals surface area contributed by atoms with Crippen LogP contribution in [0.15, 0.2) is 0 Å². The highest BCUT2D eigenvalue weighted by atomic mass is 32.2. The number of amides is 2. The summed E-state index contributed by atoms with van der Waals surface area (Å²) in [4.78, 5) is 25.3. The smallest absolute Gasteiger partial charge is 0.245 e. The van der Waals surface area contributed by atoms with Crippen molar-refractivity contribution in [2.24, 2.45) is 5.92 Å². The number of nitrogens with one attached hydrogen (secondary N) is 2. The second kappa shape index (κ2) is 8.49. The lowest BCUT2D eigenvalue weighted by molar-refractivity contribution is -0.137. The zero-order valence-corrected chi connectivity index (χ0v) is 16.2. The minimum Gasteiger partial charge on any atom is -0.354 e. The molecule has 7 nitrogen and oxygen atoms in total. The van der Waals surface area contributed by atoms with Crippen LogP contribution in [0.1, 0.15) is 58.8 Å². The number of piperidine rings is 1. The lowest BCUT2D eigenvalue weighted by Gasteiger charge is -2.38. The molecule has 8 heteroatoms. The van der Waals surface area contributed by atoms with Gasteiger partial charge in [0.05, 0.1) is 5.75 Å². The minimum absolute atomic E-state index is 0.0875. The van der Waals surface area contributed by atoms with E-state index >= 15 is 0 Å². The summed E-state index contributed by atoms with van der Waals surface area (Å²) >= 11 is 0. The van der Waals surface area contributed by atoms with Gasteiger partial charge in [-0.05, 0) is 39.5 Å². The van der Waals surface area contributed by atoms with Crippen molar-refractivity contribution in [3.63, 3.8) is 0 Å². The van der Waals surface area contributed by atoms with Gasteiger partial charge in [-0.3, -0.25) is 9.59 Å². The number of likely N-dealkylation sites (N-methyl/N-ethyl adjacent to an activating group) is 1. The van der Waals surface area contributed by atoms with Gasteiger partial charge >= 0.3 is 0 Å². The van der Waals surface area contributed by atoms with Gasteiger partial charge in [0.15, 0.2) is 0 Å². The molecule has 0 aromatic carbocycles. The quantitative estimate of drug-likeness (QED) is 0.726. The molecule has 1 heterocycles. The summed E-state index contributed by atoms with van der Waals surface area (Å²) in [5, 5.41) is 5.89. The highest BCUT2D eigenvalue weighted by Crippen LogP contribution is 2.30. The summed E-state index contributed by atoms with van der Waals surface area (Å²) in [7, 11) is -3.19. The van der Waals surface area contributed by atoms with Crippen molar-refractivity contribution in [3.8, 4) is 0 Å². The number of hydrogen-bond acceptors (Lipinski definition) is 4. The molecule has 2 fully saturated rings. The second-order valence-corrected chi connectivity index (χ2v) is 9.32. The van der Waals surface area contributed by atoms with Crippen molar-refractivity contribution in [1.29, 1.82) is 0 Å². The van der Waals surface area contributed by atoms with Crippen molar-refractivity contribution < 1.29 is 18.0 Å². The molecule has 2 N–H and O–H groups in total. The van der Waals surface area contributed by atoms with Crippen molar-refractivity contribution in [3.05, 3.63) is 0 Å². The standard InChI is InChI=1S/C17H31N3O4S/c1-3-18-16(22)17(10-6-5-7-11-17)19-15(21)14-8-12-20(13-9-14)25(23,24)4-2/h14H,3-13H2,1-2H3,(H,18,22)(H,19,21). The summed E-state index contributed by atoms with van der Waals surface area (Å²) in [6, 6.07) is 0. The van der Waals surface area contributed by atoms with Crippen LogP contribution in [0.25, 0.3) is 0 Å². The molecule has 0 aromatic heterocycles. The zero-order valence-electron chi connectivity index (χ0n) is 15.3. The molecule has 0 spiro atoms. The number of nitrogens with zero attached hydrogens (tertiary/aromatic N) is 1. The van der Waals surface area contributed by atoms with Gasteiger partial charge in [0.2, 0.25) is 21.8 Å². The number of carbonyl (C=O) groups excluding carboxylic acids is 2. The maximum atomic E-state index is 12.7. The average molecular weight is 374 g/mol. The maximum absolute atomic E-state index is 12.7. The van der Waals surface area contributed by atoms with E-state index in [0.717, 1.165) is 19.3 Å². The Morgan fingerprint density at radius 3 is 2.20 bits per heavy atom. The Labute approximate surface area is 151 Å².